The van der Waals surface area contributed by atoms with Gasteiger partial charge in [0.2, 0.25) is 0 Å². The highest BCUT2D eigenvalue weighted by atomic mass is 35.5. The van der Waals surface area contributed by atoms with Crippen molar-refractivity contribution in [2.75, 3.05) is 18.9 Å². The Bertz CT molecular complexity index is 450. The first kappa shape index (κ1) is 14.1. The molecule has 0 heterocycles. The van der Waals surface area contributed by atoms with E-state index in [4.69, 9.17) is 22.5 Å². The van der Waals surface area contributed by atoms with Crippen molar-refractivity contribution in [3.05, 3.63) is 29.3 Å². The zero-order chi connectivity index (χ0) is 13.5. The van der Waals surface area contributed by atoms with Crippen LogP contribution < -0.4 is 11.1 Å². The highest BCUT2D eigenvalue weighted by Gasteiger charge is 2.09. The smallest absolute Gasteiger partial charge is 0.321 e. The Kier molecular flexibility index (Phi) is 5.26. The number of nitrogens with zero attached hydrogens (tertiary/aromatic N) is 2. The molecule has 0 atom stereocenters. The van der Waals surface area contributed by atoms with Crippen molar-refractivity contribution in [2.24, 2.45) is 10.9 Å². The Labute approximate surface area is 110 Å². The SMILES string of the molecule is CN(CC/C(N)=N/O)C(=O)Nc1cccc(Cl)c1. The summed E-state index contributed by atoms with van der Waals surface area (Å²) in [5.41, 5.74) is 5.93. The number of urea groups is 1. The second kappa shape index (κ2) is 6.70. The Balaban J connectivity index is 2.50. The van der Waals surface area contributed by atoms with E-state index in [0.717, 1.165) is 0 Å². The van der Waals surface area contributed by atoms with E-state index in [1.165, 1.54) is 4.90 Å². The third-order valence-corrected chi connectivity index (χ3v) is 2.49. The molecule has 0 aliphatic rings. The van der Waals surface area contributed by atoms with Gasteiger partial charge in [0, 0.05) is 30.7 Å². The lowest BCUT2D eigenvalue weighted by atomic mass is 10.3. The summed E-state index contributed by atoms with van der Waals surface area (Å²) in [6.07, 6.45) is 0.302. The lowest BCUT2D eigenvalue weighted by Gasteiger charge is -2.17. The van der Waals surface area contributed by atoms with Gasteiger partial charge >= 0.3 is 6.03 Å². The van der Waals surface area contributed by atoms with Gasteiger partial charge < -0.3 is 21.2 Å². The summed E-state index contributed by atoms with van der Waals surface area (Å²) in [7, 11) is 1.62. The van der Waals surface area contributed by atoms with Gasteiger partial charge in [0.15, 0.2) is 0 Å². The number of carbonyl (C=O) groups is 1. The summed E-state index contributed by atoms with van der Waals surface area (Å²) in [4.78, 5) is 13.2. The summed E-state index contributed by atoms with van der Waals surface area (Å²) < 4.78 is 0. The predicted molar refractivity (Wildman–Crippen MR) is 71.1 cm³/mol. The van der Waals surface area contributed by atoms with Crippen molar-refractivity contribution in [1.82, 2.24) is 4.90 Å². The van der Waals surface area contributed by atoms with E-state index in [2.05, 4.69) is 10.5 Å². The maximum atomic E-state index is 11.8. The zero-order valence-corrected chi connectivity index (χ0v) is 10.7. The Morgan fingerprint density at radius 2 is 2.33 bits per heavy atom. The molecule has 0 radical (unpaired) electrons. The number of amidine groups is 1. The van der Waals surface area contributed by atoms with E-state index in [0.29, 0.717) is 23.7 Å². The molecule has 0 bridgehead atoms. The molecule has 0 saturated carbocycles. The molecular formula is C11H15ClN4O2. The highest BCUT2D eigenvalue weighted by Crippen LogP contribution is 2.15. The summed E-state index contributed by atoms with van der Waals surface area (Å²) in [5, 5.41) is 14.4. The number of oxime groups is 1. The van der Waals surface area contributed by atoms with Crippen molar-refractivity contribution in [2.45, 2.75) is 6.42 Å². The maximum absolute atomic E-state index is 11.8. The van der Waals surface area contributed by atoms with Gasteiger partial charge in [0.25, 0.3) is 0 Å². The van der Waals surface area contributed by atoms with Gasteiger partial charge in [0.05, 0.1) is 0 Å². The Morgan fingerprint density at radius 3 is 2.94 bits per heavy atom. The second-order valence-electron chi connectivity index (χ2n) is 3.70. The molecular weight excluding hydrogens is 256 g/mol. The third-order valence-electron chi connectivity index (χ3n) is 2.25. The van der Waals surface area contributed by atoms with Crippen molar-refractivity contribution in [3.8, 4) is 0 Å². The summed E-state index contributed by atoms with van der Waals surface area (Å²) in [6, 6.07) is 6.56. The molecule has 0 aliphatic carbocycles. The van der Waals surface area contributed by atoms with Crippen molar-refractivity contribution in [1.29, 1.82) is 0 Å². The molecule has 0 aliphatic heterocycles. The fourth-order valence-electron chi connectivity index (χ4n) is 1.22. The van der Waals surface area contributed by atoms with Gasteiger partial charge in [0.1, 0.15) is 5.84 Å². The number of nitrogens with two attached hydrogens (primary N) is 1. The molecule has 4 N–H and O–H groups in total. The summed E-state index contributed by atoms with van der Waals surface area (Å²) >= 11 is 5.80. The molecule has 1 rings (SSSR count). The second-order valence-corrected chi connectivity index (χ2v) is 4.14. The fraction of sp³-hybridized carbons (Fsp3) is 0.273. The van der Waals surface area contributed by atoms with Crippen molar-refractivity contribution in [3.63, 3.8) is 0 Å². The lowest BCUT2D eigenvalue weighted by Crippen LogP contribution is -2.34. The maximum Gasteiger partial charge on any atom is 0.321 e. The molecule has 1 aromatic rings. The van der Waals surface area contributed by atoms with Gasteiger partial charge in [-0.15, -0.1) is 0 Å². The first-order chi connectivity index (χ1) is 8.52. The molecule has 0 spiro atoms. The van der Waals surface area contributed by atoms with Crippen LogP contribution >= 0.6 is 11.6 Å². The first-order valence-electron chi connectivity index (χ1n) is 5.27. The zero-order valence-electron chi connectivity index (χ0n) is 9.93. The van der Waals surface area contributed by atoms with Gasteiger partial charge in [-0.3, -0.25) is 0 Å². The van der Waals surface area contributed by atoms with Gasteiger partial charge in [-0.2, -0.15) is 0 Å². The number of anilines is 1. The molecule has 7 heteroatoms. The monoisotopic (exact) mass is 270 g/mol. The minimum Gasteiger partial charge on any atom is -0.409 e. The van der Waals surface area contributed by atoms with E-state index >= 15 is 0 Å². The van der Waals surface area contributed by atoms with Crippen LogP contribution in [0.2, 0.25) is 5.02 Å². The van der Waals surface area contributed by atoms with E-state index in [-0.39, 0.29) is 11.9 Å². The van der Waals surface area contributed by atoms with Crippen LogP contribution in [-0.2, 0) is 0 Å². The number of benzene rings is 1. The van der Waals surface area contributed by atoms with Crippen molar-refractivity contribution >= 4 is 29.2 Å². The Morgan fingerprint density at radius 1 is 1.61 bits per heavy atom. The molecule has 0 aromatic heterocycles. The standard InChI is InChI=1S/C11H15ClN4O2/c1-16(6-5-10(13)15-18)11(17)14-9-4-2-3-8(12)7-9/h2-4,7,18H,5-6H2,1H3,(H2,13,15)(H,14,17). The van der Waals surface area contributed by atoms with Gasteiger partial charge in [-0.05, 0) is 18.2 Å². The van der Waals surface area contributed by atoms with Gasteiger partial charge in [-0.1, -0.05) is 22.8 Å². The lowest BCUT2D eigenvalue weighted by molar-refractivity contribution is 0.223. The third kappa shape index (κ3) is 4.50. The topological polar surface area (TPSA) is 90.9 Å². The van der Waals surface area contributed by atoms with Crippen LogP contribution in [0.15, 0.2) is 29.4 Å². The molecule has 0 fully saturated rings. The number of carbonyl (C=O) groups excluding carboxylic acids is 1. The van der Waals surface area contributed by atoms with Gasteiger partial charge in [-0.25, -0.2) is 4.79 Å². The number of hydrogen-bond acceptors (Lipinski definition) is 3. The molecule has 1 aromatic carbocycles. The predicted octanol–water partition coefficient (Wildman–Crippen LogP) is 1.94. The average molecular weight is 271 g/mol. The van der Waals surface area contributed by atoms with Crippen LogP contribution in [-0.4, -0.2) is 35.6 Å². The molecule has 0 saturated heterocycles. The van der Waals surface area contributed by atoms with Crippen LogP contribution in [0.4, 0.5) is 10.5 Å². The molecule has 6 nitrogen and oxygen atoms in total. The highest BCUT2D eigenvalue weighted by molar-refractivity contribution is 6.30. The molecule has 2 amide bonds. The number of rotatable bonds is 4. The first-order valence-corrected chi connectivity index (χ1v) is 5.65. The number of amides is 2. The average Bonchev–Trinajstić information content (AvgIpc) is 2.35. The van der Waals surface area contributed by atoms with Crippen LogP contribution in [0.3, 0.4) is 0 Å². The summed E-state index contributed by atoms with van der Waals surface area (Å²) in [6.45, 7) is 0.349. The van der Waals surface area contributed by atoms with E-state index in [1.54, 1.807) is 31.3 Å². The Hall–Kier alpha value is -1.95. The van der Waals surface area contributed by atoms with E-state index in [1.807, 2.05) is 0 Å². The largest absolute Gasteiger partial charge is 0.409 e. The molecule has 98 valence electrons. The quantitative estimate of drug-likeness (QED) is 0.338. The van der Waals surface area contributed by atoms with Crippen molar-refractivity contribution < 1.29 is 10.0 Å². The van der Waals surface area contributed by atoms with E-state index < -0.39 is 0 Å². The molecule has 0 unspecified atom stereocenters. The van der Waals surface area contributed by atoms with E-state index in [9.17, 15) is 4.79 Å². The van der Waals surface area contributed by atoms with Crippen LogP contribution in [0.5, 0.6) is 0 Å². The number of nitrogens with one attached hydrogen (secondary N) is 1. The summed E-state index contributed by atoms with van der Waals surface area (Å²) in [5.74, 6) is 0.0809. The van der Waals surface area contributed by atoms with Crippen LogP contribution in [0.1, 0.15) is 6.42 Å². The van der Waals surface area contributed by atoms with Crippen LogP contribution in [0.25, 0.3) is 0 Å². The minimum atomic E-state index is -0.289. The fourth-order valence-corrected chi connectivity index (χ4v) is 1.41. The number of halogens is 1. The minimum absolute atomic E-state index is 0.0809. The van der Waals surface area contributed by atoms with Crippen LogP contribution in [0, 0.1) is 0 Å². The normalized spacial score (nSPS) is 11.1. The number of hydrogen-bond donors (Lipinski definition) is 3. The molecule has 18 heavy (non-hydrogen) atoms.